The maximum Gasteiger partial charge on any atom is 0.220 e. The fourth-order valence-electron chi connectivity index (χ4n) is 3.36. The first kappa shape index (κ1) is 13.9. The minimum absolute atomic E-state index is 0.110. The van der Waals surface area contributed by atoms with Gasteiger partial charge in [-0.05, 0) is 37.1 Å². The Balaban J connectivity index is 1.67. The zero-order chi connectivity index (χ0) is 12.8. The number of rotatable bonds is 6. The molecule has 0 saturated heterocycles. The SMILES string of the molecule is NCC1(CC(=O)NCCC2CCC2)CCCCC1. The van der Waals surface area contributed by atoms with Crippen LogP contribution in [0.5, 0.6) is 0 Å². The second-order valence-corrected chi connectivity index (χ2v) is 6.38. The summed E-state index contributed by atoms with van der Waals surface area (Å²) in [5, 5.41) is 3.09. The highest BCUT2D eigenvalue weighted by atomic mass is 16.1. The number of amides is 1. The summed E-state index contributed by atoms with van der Waals surface area (Å²) in [6.07, 6.45) is 12.0. The molecule has 18 heavy (non-hydrogen) atoms. The van der Waals surface area contributed by atoms with E-state index in [1.807, 2.05) is 0 Å². The van der Waals surface area contributed by atoms with Crippen LogP contribution in [0.3, 0.4) is 0 Å². The molecular formula is C15H28N2O. The molecule has 0 radical (unpaired) electrons. The number of nitrogens with one attached hydrogen (secondary N) is 1. The lowest BCUT2D eigenvalue weighted by molar-refractivity contribution is -0.123. The average Bonchev–Trinajstić information content (AvgIpc) is 2.33. The third kappa shape index (κ3) is 3.71. The number of hydrogen-bond acceptors (Lipinski definition) is 2. The second kappa shape index (κ2) is 6.55. The highest BCUT2D eigenvalue weighted by molar-refractivity contribution is 5.76. The maximum atomic E-state index is 12.0. The first-order chi connectivity index (χ1) is 8.74. The molecule has 2 aliphatic rings. The van der Waals surface area contributed by atoms with E-state index in [2.05, 4.69) is 5.32 Å². The molecular weight excluding hydrogens is 224 g/mol. The number of hydrogen-bond donors (Lipinski definition) is 2. The summed E-state index contributed by atoms with van der Waals surface area (Å²) in [4.78, 5) is 12.0. The van der Waals surface area contributed by atoms with Crippen molar-refractivity contribution in [1.29, 1.82) is 0 Å². The average molecular weight is 252 g/mol. The first-order valence-corrected chi connectivity index (χ1v) is 7.71. The van der Waals surface area contributed by atoms with Crippen molar-refractivity contribution >= 4 is 5.91 Å². The number of carbonyl (C=O) groups excluding carboxylic acids is 1. The van der Waals surface area contributed by atoms with Gasteiger partial charge in [-0.1, -0.05) is 38.5 Å². The Kier molecular flexibility index (Phi) is 5.04. The fourth-order valence-corrected chi connectivity index (χ4v) is 3.36. The molecule has 2 saturated carbocycles. The van der Waals surface area contributed by atoms with Gasteiger partial charge in [0.25, 0.3) is 0 Å². The van der Waals surface area contributed by atoms with Crippen LogP contribution in [0, 0.1) is 11.3 Å². The standard InChI is InChI=1S/C15H28N2O/c16-12-15(8-2-1-3-9-15)11-14(18)17-10-7-13-5-4-6-13/h13H,1-12,16H2,(H,17,18). The van der Waals surface area contributed by atoms with Crippen molar-refractivity contribution in [2.75, 3.05) is 13.1 Å². The van der Waals surface area contributed by atoms with Crippen LogP contribution in [0.2, 0.25) is 0 Å². The van der Waals surface area contributed by atoms with Crippen molar-refractivity contribution in [3.63, 3.8) is 0 Å². The molecule has 3 nitrogen and oxygen atoms in total. The molecule has 0 bridgehead atoms. The van der Waals surface area contributed by atoms with Gasteiger partial charge in [0.2, 0.25) is 5.91 Å². The van der Waals surface area contributed by atoms with Crippen LogP contribution >= 0.6 is 0 Å². The Bertz CT molecular complexity index is 268. The van der Waals surface area contributed by atoms with E-state index >= 15 is 0 Å². The molecule has 0 heterocycles. The molecule has 1 amide bonds. The summed E-state index contributed by atoms with van der Waals surface area (Å²) in [6, 6.07) is 0. The van der Waals surface area contributed by atoms with E-state index in [0.717, 1.165) is 25.3 Å². The van der Waals surface area contributed by atoms with Crippen LogP contribution in [0.25, 0.3) is 0 Å². The van der Waals surface area contributed by atoms with E-state index in [4.69, 9.17) is 5.73 Å². The summed E-state index contributed by atoms with van der Waals surface area (Å²) in [5.41, 5.74) is 6.02. The Hall–Kier alpha value is -0.570. The molecule has 0 unspecified atom stereocenters. The smallest absolute Gasteiger partial charge is 0.220 e. The number of carbonyl (C=O) groups is 1. The molecule has 0 spiro atoms. The molecule has 0 aromatic rings. The van der Waals surface area contributed by atoms with Gasteiger partial charge in [0.15, 0.2) is 0 Å². The van der Waals surface area contributed by atoms with Gasteiger partial charge in [0, 0.05) is 13.0 Å². The molecule has 2 rings (SSSR count). The Morgan fingerprint density at radius 1 is 1.17 bits per heavy atom. The molecule has 0 aromatic carbocycles. The molecule has 0 atom stereocenters. The minimum atomic E-state index is 0.110. The number of nitrogens with two attached hydrogens (primary N) is 1. The van der Waals surface area contributed by atoms with E-state index < -0.39 is 0 Å². The normalized spacial score (nSPS) is 23.4. The molecule has 0 aliphatic heterocycles. The summed E-state index contributed by atoms with van der Waals surface area (Å²) in [5.74, 6) is 1.10. The van der Waals surface area contributed by atoms with Crippen molar-refractivity contribution in [3.8, 4) is 0 Å². The quantitative estimate of drug-likeness (QED) is 0.763. The largest absolute Gasteiger partial charge is 0.356 e. The van der Waals surface area contributed by atoms with Crippen molar-refractivity contribution in [2.24, 2.45) is 17.1 Å². The van der Waals surface area contributed by atoms with Gasteiger partial charge >= 0.3 is 0 Å². The Labute approximate surface area is 111 Å². The van der Waals surface area contributed by atoms with E-state index in [1.54, 1.807) is 0 Å². The van der Waals surface area contributed by atoms with Gasteiger partial charge < -0.3 is 11.1 Å². The zero-order valence-corrected chi connectivity index (χ0v) is 11.5. The molecule has 2 fully saturated rings. The predicted octanol–water partition coefficient (Wildman–Crippen LogP) is 2.59. The third-order valence-corrected chi connectivity index (χ3v) is 4.98. The van der Waals surface area contributed by atoms with Crippen LogP contribution in [0.4, 0.5) is 0 Å². The topological polar surface area (TPSA) is 55.1 Å². The summed E-state index contributed by atoms with van der Waals surface area (Å²) in [7, 11) is 0. The third-order valence-electron chi connectivity index (χ3n) is 4.98. The lowest BCUT2D eigenvalue weighted by atomic mass is 9.71. The zero-order valence-electron chi connectivity index (χ0n) is 11.5. The van der Waals surface area contributed by atoms with E-state index in [1.165, 1.54) is 44.9 Å². The molecule has 3 heteroatoms. The van der Waals surface area contributed by atoms with Crippen molar-refractivity contribution < 1.29 is 4.79 Å². The molecule has 3 N–H and O–H groups in total. The van der Waals surface area contributed by atoms with E-state index in [9.17, 15) is 4.79 Å². The van der Waals surface area contributed by atoms with E-state index in [-0.39, 0.29) is 11.3 Å². The minimum Gasteiger partial charge on any atom is -0.356 e. The summed E-state index contributed by atoms with van der Waals surface area (Å²) in [6.45, 7) is 1.53. The van der Waals surface area contributed by atoms with Crippen LogP contribution < -0.4 is 11.1 Å². The van der Waals surface area contributed by atoms with Crippen LogP contribution in [0.1, 0.15) is 64.2 Å². The second-order valence-electron chi connectivity index (χ2n) is 6.38. The first-order valence-electron chi connectivity index (χ1n) is 7.71. The molecule has 2 aliphatic carbocycles. The van der Waals surface area contributed by atoms with Gasteiger partial charge in [-0.15, -0.1) is 0 Å². The summed E-state index contributed by atoms with van der Waals surface area (Å²) >= 11 is 0. The van der Waals surface area contributed by atoms with E-state index in [0.29, 0.717) is 13.0 Å². The Morgan fingerprint density at radius 3 is 2.44 bits per heavy atom. The highest BCUT2D eigenvalue weighted by Gasteiger charge is 2.32. The lowest BCUT2D eigenvalue weighted by Gasteiger charge is -2.35. The maximum absolute atomic E-state index is 12.0. The van der Waals surface area contributed by atoms with Crippen molar-refractivity contribution in [3.05, 3.63) is 0 Å². The van der Waals surface area contributed by atoms with Gasteiger partial charge in [-0.3, -0.25) is 4.79 Å². The molecule has 0 aromatic heterocycles. The summed E-state index contributed by atoms with van der Waals surface area (Å²) < 4.78 is 0. The highest BCUT2D eigenvalue weighted by Crippen LogP contribution is 2.38. The predicted molar refractivity (Wildman–Crippen MR) is 74.2 cm³/mol. The van der Waals surface area contributed by atoms with Gasteiger partial charge in [-0.2, -0.15) is 0 Å². The van der Waals surface area contributed by atoms with Crippen LogP contribution in [-0.2, 0) is 4.79 Å². The van der Waals surface area contributed by atoms with Crippen LogP contribution in [-0.4, -0.2) is 19.0 Å². The fraction of sp³-hybridized carbons (Fsp3) is 0.933. The van der Waals surface area contributed by atoms with Gasteiger partial charge in [0.05, 0.1) is 0 Å². The van der Waals surface area contributed by atoms with Gasteiger partial charge in [0.1, 0.15) is 0 Å². The van der Waals surface area contributed by atoms with Crippen LogP contribution in [0.15, 0.2) is 0 Å². The van der Waals surface area contributed by atoms with Crippen molar-refractivity contribution in [2.45, 2.75) is 64.2 Å². The lowest BCUT2D eigenvalue weighted by Crippen LogP contribution is -2.39. The van der Waals surface area contributed by atoms with Crippen molar-refractivity contribution in [1.82, 2.24) is 5.32 Å². The Morgan fingerprint density at radius 2 is 1.89 bits per heavy atom. The molecule has 104 valence electrons. The van der Waals surface area contributed by atoms with Gasteiger partial charge in [-0.25, -0.2) is 0 Å². The monoisotopic (exact) mass is 252 g/mol.